The van der Waals surface area contributed by atoms with Gasteiger partial charge < -0.3 is 14.0 Å². The highest BCUT2D eigenvalue weighted by atomic mass is 16.2. The Morgan fingerprint density at radius 2 is 1.70 bits per heavy atom. The van der Waals surface area contributed by atoms with Crippen LogP contribution >= 0.6 is 0 Å². The number of carbonyl (C=O) groups excluding carboxylic acids is 1. The second-order valence-electron chi connectivity index (χ2n) is 9.53. The molecule has 1 aliphatic heterocycles. The quantitative estimate of drug-likeness (QED) is 0.466. The Bertz CT molecular complexity index is 1450. The Morgan fingerprint density at radius 3 is 2.36 bits per heavy atom. The van der Waals surface area contributed by atoms with Crippen LogP contribution in [0.2, 0.25) is 0 Å². The number of amides is 1. The van der Waals surface area contributed by atoms with Gasteiger partial charge in [-0.2, -0.15) is 0 Å². The highest BCUT2D eigenvalue weighted by Gasteiger charge is 2.41. The lowest BCUT2D eigenvalue weighted by atomic mass is 9.93. The summed E-state index contributed by atoms with van der Waals surface area (Å²) in [5.74, 6) is 0.804. The largest absolute Gasteiger partial charge is 0.332 e. The third-order valence-electron chi connectivity index (χ3n) is 7.15. The van der Waals surface area contributed by atoms with Gasteiger partial charge in [0.2, 0.25) is 0 Å². The molecule has 0 bridgehead atoms. The zero-order chi connectivity index (χ0) is 23.7. The van der Waals surface area contributed by atoms with E-state index in [1.165, 1.54) is 0 Å². The SMILES string of the molecule is Cc1cc(-c2nc3cc4c(cc3n2[C@@H](C)c2ccccc2)C(=O)N(C)C4(C)C)cn(C)c1=O. The van der Waals surface area contributed by atoms with Crippen LogP contribution in [-0.4, -0.2) is 32.0 Å². The number of benzene rings is 2. The topological polar surface area (TPSA) is 60.1 Å². The molecule has 3 heterocycles. The number of rotatable bonds is 3. The van der Waals surface area contributed by atoms with E-state index in [0.717, 1.165) is 39.1 Å². The van der Waals surface area contributed by atoms with Crippen LogP contribution in [0.3, 0.4) is 0 Å². The molecule has 168 valence electrons. The summed E-state index contributed by atoms with van der Waals surface area (Å²) in [6, 6.07) is 16.2. The van der Waals surface area contributed by atoms with Gasteiger partial charge in [-0.3, -0.25) is 9.59 Å². The van der Waals surface area contributed by atoms with Crippen molar-refractivity contribution in [2.75, 3.05) is 7.05 Å². The summed E-state index contributed by atoms with van der Waals surface area (Å²) in [6.07, 6.45) is 1.83. The van der Waals surface area contributed by atoms with Crippen molar-refractivity contribution in [1.82, 2.24) is 19.0 Å². The molecule has 6 heteroatoms. The van der Waals surface area contributed by atoms with Crippen LogP contribution in [0.1, 0.15) is 53.9 Å². The molecule has 1 atom stereocenters. The number of aromatic nitrogens is 3. The lowest BCUT2D eigenvalue weighted by molar-refractivity contribution is 0.0691. The first kappa shape index (κ1) is 21.2. The van der Waals surface area contributed by atoms with E-state index in [1.807, 2.05) is 50.5 Å². The van der Waals surface area contributed by atoms with Gasteiger partial charge in [0, 0.05) is 37.0 Å². The van der Waals surface area contributed by atoms with Gasteiger partial charge in [0.05, 0.1) is 22.6 Å². The minimum atomic E-state index is -0.400. The fourth-order valence-corrected chi connectivity index (χ4v) is 4.92. The Labute approximate surface area is 193 Å². The summed E-state index contributed by atoms with van der Waals surface area (Å²) in [6.45, 7) is 8.08. The van der Waals surface area contributed by atoms with Crippen LogP contribution < -0.4 is 5.56 Å². The van der Waals surface area contributed by atoms with Crippen LogP contribution in [0, 0.1) is 6.92 Å². The maximum absolute atomic E-state index is 13.1. The maximum Gasteiger partial charge on any atom is 0.254 e. The Kier molecular flexibility index (Phi) is 4.60. The van der Waals surface area contributed by atoms with E-state index in [9.17, 15) is 9.59 Å². The number of fused-ring (bicyclic) bond motifs is 2. The highest BCUT2D eigenvalue weighted by Crippen LogP contribution is 2.41. The zero-order valence-corrected chi connectivity index (χ0v) is 19.9. The van der Waals surface area contributed by atoms with E-state index in [1.54, 1.807) is 16.5 Å². The minimum Gasteiger partial charge on any atom is -0.332 e. The summed E-state index contributed by atoms with van der Waals surface area (Å²) in [4.78, 5) is 32.2. The minimum absolute atomic E-state index is 0.0214. The number of imidazole rings is 1. The molecule has 2 aromatic carbocycles. The summed E-state index contributed by atoms with van der Waals surface area (Å²) in [7, 11) is 3.61. The van der Waals surface area contributed by atoms with E-state index in [2.05, 4.69) is 43.5 Å². The van der Waals surface area contributed by atoms with Crippen LogP contribution in [0.15, 0.2) is 59.5 Å². The van der Waals surface area contributed by atoms with Crippen molar-refractivity contribution < 1.29 is 4.79 Å². The van der Waals surface area contributed by atoms with Crippen molar-refractivity contribution in [2.24, 2.45) is 7.05 Å². The number of hydrogen-bond donors (Lipinski definition) is 0. The zero-order valence-electron chi connectivity index (χ0n) is 19.9. The van der Waals surface area contributed by atoms with Gasteiger partial charge in [0.25, 0.3) is 11.5 Å². The van der Waals surface area contributed by atoms with Gasteiger partial charge >= 0.3 is 0 Å². The van der Waals surface area contributed by atoms with Crippen molar-refractivity contribution in [1.29, 1.82) is 0 Å². The Morgan fingerprint density at radius 1 is 1.00 bits per heavy atom. The summed E-state index contributed by atoms with van der Waals surface area (Å²) >= 11 is 0. The molecule has 0 spiro atoms. The molecule has 0 aliphatic carbocycles. The third-order valence-corrected chi connectivity index (χ3v) is 7.15. The van der Waals surface area contributed by atoms with Crippen LogP contribution in [0.4, 0.5) is 0 Å². The average molecular weight is 441 g/mol. The number of carbonyl (C=O) groups is 1. The Balaban J connectivity index is 1.84. The van der Waals surface area contributed by atoms with E-state index >= 15 is 0 Å². The van der Waals surface area contributed by atoms with Crippen molar-refractivity contribution >= 4 is 16.9 Å². The summed E-state index contributed by atoms with van der Waals surface area (Å²) in [5.41, 5.74) is 5.72. The number of hydrogen-bond acceptors (Lipinski definition) is 3. The van der Waals surface area contributed by atoms with Crippen LogP contribution in [0.25, 0.3) is 22.4 Å². The molecule has 33 heavy (non-hydrogen) atoms. The summed E-state index contributed by atoms with van der Waals surface area (Å²) in [5, 5.41) is 0. The molecule has 0 saturated heterocycles. The van der Waals surface area contributed by atoms with Gasteiger partial charge in [-0.05, 0) is 57.0 Å². The van der Waals surface area contributed by atoms with E-state index in [-0.39, 0.29) is 17.5 Å². The van der Waals surface area contributed by atoms with Gasteiger partial charge in [-0.1, -0.05) is 30.3 Å². The van der Waals surface area contributed by atoms with Crippen molar-refractivity contribution in [3.8, 4) is 11.4 Å². The van der Waals surface area contributed by atoms with E-state index in [0.29, 0.717) is 5.56 Å². The molecule has 0 saturated carbocycles. The lowest BCUT2D eigenvalue weighted by Crippen LogP contribution is -2.35. The van der Waals surface area contributed by atoms with E-state index < -0.39 is 5.54 Å². The first-order valence-electron chi connectivity index (χ1n) is 11.2. The third kappa shape index (κ3) is 3.04. The van der Waals surface area contributed by atoms with E-state index in [4.69, 9.17) is 4.98 Å². The predicted molar refractivity (Wildman–Crippen MR) is 131 cm³/mol. The molecular weight excluding hydrogens is 412 g/mol. The summed E-state index contributed by atoms with van der Waals surface area (Å²) < 4.78 is 3.78. The molecule has 2 aromatic heterocycles. The van der Waals surface area contributed by atoms with Gasteiger partial charge in [0.1, 0.15) is 5.82 Å². The fourth-order valence-electron chi connectivity index (χ4n) is 4.92. The first-order chi connectivity index (χ1) is 15.6. The maximum atomic E-state index is 13.1. The van der Waals surface area contributed by atoms with Gasteiger partial charge in [-0.25, -0.2) is 4.98 Å². The number of aryl methyl sites for hydroxylation is 2. The average Bonchev–Trinajstić information content (AvgIpc) is 3.25. The van der Waals surface area contributed by atoms with Crippen molar-refractivity contribution in [3.05, 3.63) is 87.3 Å². The first-order valence-corrected chi connectivity index (χ1v) is 11.2. The molecule has 0 N–H and O–H groups in total. The molecule has 6 nitrogen and oxygen atoms in total. The van der Waals surface area contributed by atoms with Crippen LogP contribution in [0.5, 0.6) is 0 Å². The normalized spacial score (nSPS) is 15.8. The Hall–Kier alpha value is -3.67. The molecule has 1 amide bonds. The van der Waals surface area contributed by atoms with Crippen molar-refractivity contribution in [2.45, 2.75) is 39.3 Å². The highest BCUT2D eigenvalue weighted by molar-refractivity contribution is 6.03. The smallest absolute Gasteiger partial charge is 0.254 e. The van der Waals surface area contributed by atoms with Crippen LogP contribution in [-0.2, 0) is 12.6 Å². The number of nitrogens with zero attached hydrogens (tertiary/aromatic N) is 4. The molecule has 5 rings (SSSR count). The lowest BCUT2D eigenvalue weighted by Gasteiger charge is -2.28. The van der Waals surface area contributed by atoms with Gasteiger partial charge in [-0.15, -0.1) is 0 Å². The number of pyridine rings is 1. The molecule has 0 radical (unpaired) electrons. The molecule has 4 aromatic rings. The van der Waals surface area contributed by atoms with Gasteiger partial charge in [0.15, 0.2) is 0 Å². The molecular formula is C27H28N4O2. The monoisotopic (exact) mass is 440 g/mol. The molecule has 1 aliphatic rings. The standard InChI is InChI=1S/C27H28N4O2/c1-16-12-19(15-29(5)25(16)32)24-28-22-14-21-20(26(33)30(6)27(21,3)4)13-23(22)31(24)17(2)18-10-8-7-9-11-18/h7-15,17H,1-6H3/t17-/m0/s1. The fraction of sp³-hybridized carbons (Fsp3) is 0.296. The molecule has 0 unspecified atom stereocenters. The molecule has 0 fully saturated rings. The van der Waals surface area contributed by atoms with Crippen molar-refractivity contribution in [3.63, 3.8) is 0 Å². The second kappa shape index (κ2) is 7.17. The second-order valence-corrected chi connectivity index (χ2v) is 9.53. The predicted octanol–water partition coefficient (Wildman–Crippen LogP) is 4.64.